The molecule has 10 nitrogen and oxygen atoms in total. The van der Waals surface area contributed by atoms with E-state index in [2.05, 4.69) is 13.2 Å². The largest absolute Gasteiger partial charge is 0.449 e. The summed E-state index contributed by atoms with van der Waals surface area (Å²) in [4.78, 5) is 49.9. The maximum absolute atomic E-state index is 12.5. The van der Waals surface area contributed by atoms with Crippen molar-refractivity contribution in [2.45, 2.75) is 13.8 Å². The van der Waals surface area contributed by atoms with Gasteiger partial charge in [-0.1, -0.05) is 25.3 Å². The molecule has 0 aliphatic rings. The summed E-state index contributed by atoms with van der Waals surface area (Å²) in [6.07, 6.45) is 0.228. The Hall–Kier alpha value is -3.82. The number of hydrogen-bond acceptors (Lipinski definition) is 8. The monoisotopic (exact) mass is 420 g/mol. The van der Waals surface area contributed by atoms with Crippen LogP contribution in [0.2, 0.25) is 0 Å². The van der Waals surface area contributed by atoms with Crippen LogP contribution in [0.3, 0.4) is 0 Å². The summed E-state index contributed by atoms with van der Waals surface area (Å²) >= 11 is 0. The second-order valence-corrected chi connectivity index (χ2v) is 5.34. The van der Waals surface area contributed by atoms with Gasteiger partial charge in [-0.2, -0.15) is 0 Å². The minimum absolute atomic E-state index is 0.0610. The van der Waals surface area contributed by atoms with Crippen molar-refractivity contribution in [1.29, 1.82) is 0 Å². The van der Waals surface area contributed by atoms with Gasteiger partial charge in [0.25, 0.3) is 0 Å². The standard InChI is InChI=1S/C20H24N2O8/c1-5-17(23)29-13-21(19(25)27-7-3)15-11-9-10-12-16(15)22(20(26)28-8-4)14-30-18(24)6-2/h5-6,9-12H,1-2,7-8,13-14H2,3-4H3. The maximum Gasteiger partial charge on any atom is 0.417 e. The van der Waals surface area contributed by atoms with Crippen LogP contribution in [0, 0.1) is 0 Å². The molecular formula is C20H24N2O8. The number of benzene rings is 1. The molecule has 0 fully saturated rings. The minimum Gasteiger partial charge on any atom is -0.449 e. The summed E-state index contributed by atoms with van der Waals surface area (Å²) in [6.45, 7) is 8.91. The Kier molecular flexibility index (Phi) is 10.2. The van der Waals surface area contributed by atoms with Crippen molar-refractivity contribution in [3.63, 3.8) is 0 Å². The zero-order valence-electron chi connectivity index (χ0n) is 16.9. The fourth-order valence-electron chi connectivity index (χ4n) is 2.14. The maximum atomic E-state index is 12.5. The minimum atomic E-state index is -0.825. The second-order valence-electron chi connectivity index (χ2n) is 5.34. The Bertz CT molecular complexity index is 728. The molecule has 0 unspecified atom stereocenters. The Morgan fingerprint density at radius 1 is 0.767 bits per heavy atom. The molecule has 0 aliphatic carbocycles. The van der Waals surface area contributed by atoms with E-state index in [0.29, 0.717) is 0 Å². The van der Waals surface area contributed by atoms with Crippen LogP contribution in [0.15, 0.2) is 49.6 Å². The Morgan fingerprint density at radius 2 is 1.13 bits per heavy atom. The molecule has 1 rings (SSSR count). The van der Waals surface area contributed by atoms with Gasteiger partial charge >= 0.3 is 24.1 Å². The molecule has 0 bridgehead atoms. The van der Waals surface area contributed by atoms with Crippen LogP contribution in [-0.2, 0) is 28.5 Å². The normalized spacial score (nSPS) is 9.67. The van der Waals surface area contributed by atoms with Crippen molar-refractivity contribution in [3.05, 3.63) is 49.6 Å². The predicted octanol–water partition coefficient (Wildman–Crippen LogP) is 2.99. The van der Waals surface area contributed by atoms with E-state index in [4.69, 9.17) is 18.9 Å². The molecule has 0 heterocycles. The van der Waals surface area contributed by atoms with Crippen LogP contribution in [0.25, 0.3) is 0 Å². The summed E-state index contributed by atoms with van der Waals surface area (Å²) in [7, 11) is 0. The van der Waals surface area contributed by atoms with Gasteiger partial charge in [-0.25, -0.2) is 29.0 Å². The van der Waals surface area contributed by atoms with Crippen molar-refractivity contribution in [2.75, 3.05) is 36.5 Å². The van der Waals surface area contributed by atoms with E-state index in [-0.39, 0.29) is 24.6 Å². The van der Waals surface area contributed by atoms with Crippen LogP contribution in [-0.4, -0.2) is 50.8 Å². The van der Waals surface area contributed by atoms with Gasteiger partial charge in [0.2, 0.25) is 0 Å². The number of hydrogen-bond donors (Lipinski definition) is 0. The van der Waals surface area contributed by atoms with Gasteiger partial charge in [-0.05, 0) is 26.0 Å². The molecule has 0 spiro atoms. The van der Waals surface area contributed by atoms with Crippen molar-refractivity contribution in [2.24, 2.45) is 0 Å². The first-order valence-corrected chi connectivity index (χ1v) is 8.95. The lowest BCUT2D eigenvalue weighted by Crippen LogP contribution is -2.39. The summed E-state index contributed by atoms with van der Waals surface area (Å²) in [5, 5.41) is 0. The highest BCUT2D eigenvalue weighted by Crippen LogP contribution is 2.30. The van der Waals surface area contributed by atoms with E-state index in [1.165, 1.54) is 12.1 Å². The summed E-state index contributed by atoms with van der Waals surface area (Å²) in [5.41, 5.74) is 0.297. The number of amides is 2. The van der Waals surface area contributed by atoms with Crippen LogP contribution in [0.5, 0.6) is 0 Å². The van der Waals surface area contributed by atoms with E-state index >= 15 is 0 Å². The number of carbonyl (C=O) groups excluding carboxylic acids is 4. The third-order valence-electron chi connectivity index (χ3n) is 3.44. The fourth-order valence-corrected chi connectivity index (χ4v) is 2.14. The van der Waals surface area contributed by atoms with Crippen molar-refractivity contribution in [3.8, 4) is 0 Å². The Balaban J connectivity index is 3.37. The summed E-state index contributed by atoms with van der Waals surface area (Å²) in [5.74, 6) is -1.52. The molecular weight excluding hydrogens is 396 g/mol. The molecule has 30 heavy (non-hydrogen) atoms. The molecule has 10 heteroatoms. The van der Waals surface area contributed by atoms with Crippen molar-refractivity contribution in [1.82, 2.24) is 0 Å². The van der Waals surface area contributed by atoms with Gasteiger partial charge in [0.15, 0.2) is 13.5 Å². The highest BCUT2D eigenvalue weighted by Gasteiger charge is 2.27. The molecule has 0 radical (unpaired) electrons. The van der Waals surface area contributed by atoms with Gasteiger partial charge < -0.3 is 18.9 Å². The fraction of sp³-hybridized carbons (Fsp3) is 0.300. The lowest BCUT2D eigenvalue weighted by Gasteiger charge is -2.28. The van der Waals surface area contributed by atoms with Gasteiger partial charge in [0.1, 0.15) is 0 Å². The van der Waals surface area contributed by atoms with Gasteiger partial charge in [-0.3, -0.25) is 0 Å². The quantitative estimate of drug-likeness (QED) is 0.246. The molecule has 0 N–H and O–H groups in total. The lowest BCUT2D eigenvalue weighted by atomic mass is 10.2. The van der Waals surface area contributed by atoms with E-state index < -0.39 is 37.6 Å². The Labute approximate surface area is 174 Å². The average Bonchev–Trinajstić information content (AvgIpc) is 2.74. The molecule has 2 amide bonds. The first-order chi connectivity index (χ1) is 14.4. The number of anilines is 2. The van der Waals surface area contributed by atoms with Gasteiger partial charge in [0.05, 0.1) is 24.6 Å². The smallest absolute Gasteiger partial charge is 0.417 e. The number of nitrogens with zero attached hydrogens (tertiary/aromatic N) is 2. The summed E-state index contributed by atoms with van der Waals surface area (Å²) in [6, 6.07) is 6.18. The topological polar surface area (TPSA) is 112 Å². The van der Waals surface area contributed by atoms with E-state index in [9.17, 15) is 19.2 Å². The molecule has 0 saturated carbocycles. The van der Waals surface area contributed by atoms with E-state index in [1.807, 2.05) is 0 Å². The highest BCUT2D eigenvalue weighted by molar-refractivity contribution is 5.98. The molecule has 1 aromatic rings. The van der Waals surface area contributed by atoms with Crippen LogP contribution >= 0.6 is 0 Å². The number of carbonyl (C=O) groups is 4. The molecule has 162 valence electrons. The molecule has 0 aliphatic heterocycles. The molecule has 1 aromatic carbocycles. The molecule has 0 saturated heterocycles. The third kappa shape index (κ3) is 6.97. The second kappa shape index (κ2) is 12.6. The van der Waals surface area contributed by atoms with Gasteiger partial charge in [0, 0.05) is 12.2 Å². The zero-order valence-corrected chi connectivity index (χ0v) is 16.9. The predicted molar refractivity (Wildman–Crippen MR) is 108 cm³/mol. The summed E-state index contributed by atoms with van der Waals surface area (Å²) < 4.78 is 20.0. The van der Waals surface area contributed by atoms with Crippen molar-refractivity contribution >= 4 is 35.5 Å². The Morgan fingerprint density at radius 3 is 1.43 bits per heavy atom. The molecule has 0 atom stereocenters. The van der Waals surface area contributed by atoms with E-state index in [1.54, 1.807) is 26.0 Å². The first kappa shape index (κ1) is 24.2. The zero-order chi connectivity index (χ0) is 22.5. The van der Waals surface area contributed by atoms with Crippen molar-refractivity contribution < 1.29 is 38.1 Å². The first-order valence-electron chi connectivity index (χ1n) is 8.95. The number of rotatable bonds is 10. The number of para-hydroxylation sites is 2. The SMILES string of the molecule is C=CC(=O)OCN(C(=O)OCC)c1ccccc1N(COC(=O)C=C)C(=O)OCC. The third-order valence-corrected chi connectivity index (χ3v) is 3.44. The van der Waals surface area contributed by atoms with Crippen LogP contribution < -0.4 is 9.80 Å². The van der Waals surface area contributed by atoms with E-state index in [0.717, 1.165) is 22.0 Å². The average molecular weight is 420 g/mol. The van der Waals surface area contributed by atoms with Crippen LogP contribution in [0.4, 0.5) is 21.0 Å². The highest BCUT2D eigenvalue weighted by atomic mass is 16.6. The number of esters is 2. The van der Waals surface area contributed by atoms with Crippen LogP contribution in [0.1, 0.15) is 13.8 Å². The van der Waals surface area contributed by atoms with Gasteiger partial charge in [-0.15, -0.1) is 0 Å². The molecule has 0 aromatic heterocycles. The lowest BCUT2D eigenvalue weighted by molar-refractivity contribution is -0.138. The number of ether oxygens (including phenoxy) is 4.